The molecule has 0 atom stereocenters. The number of carboxylic acids is 1. The lowest BCUT2D eigenvalue weighted by atomic mass is 10.3. The number of carboxylic acid groups (broad SMARTS) is 1. The minimum absolute atomic E-state index is 0.109. The molecule has 1 amide bonds. The van der Waals surface area contributed by atoms with Gasteiger partial charge in [-0.05, 0) is 0 Å². The number of hydrogen-bond acceptors (Lipinski definition) is 5. The molecule has 1 heterocycles. The molecule has 2 N–H and O–H groups in total. The Hall–Kier alpha value is -1.47. The van der Waals surface area contributed by atoms with Crippen LogP contribution in [0.3, 0.4) is 0 Å². The van der Waals surface area contributed by atoms with Gasteiger partial charge in [0.15, 0.2) is 0 Å². The lowest BCUT2D eigenvalue weighted by Gasteiger charge is -2.01. The molecule has 0 aromatic carbocycles. The number of thiazole rings is 1. The van der Waals surface area contributed by atoms with E-state index in [2.05, 4.69) is 10.3 Å². The van der Waals surface area contributed by atoms with Gasteiger partial charge < -0.3 is 15.2 Å². The third-order valence-electron chi connectivity index (χ3n) is 1.87. The Labute approximate surface area is 103 Å². The molecule has 1 aromatic rings. The standard InChI is InChI=1S/C10H14N2O4S/c1-16-3-2-11-8(13)5-9-12-7(6-17-9)4-10(14)15/h6H,2-5H2,1H3,(H,11,13)(H,14,15). The molecule has 1 aromatic heterocycles. The molecule has 6 nitrogen and oxygen atoms in total. The Balaban J connectivity index is 2.38. The number of aliphatic carboxylic acids is 1. The van der Waals surface area contributed by atoms with Crippen LogP contribution in [0.15, 0.2) is 5.38 Å². The zero-order valence-corrected chi connectivity index (χ0v) is 10.2. The number of hydrogen-bond donors (Lipinski definition) is 2. The molecule has 94 valence electrons. The van der Waals surface area contributed by atoms with Gasteiger partial charge in [0.05, 0.1) is 25.1 Å². The van der Waals surface area contributed by atoms with Gasteiger partial charge in [0.2, 0.25) is 5.91 Å². The molecule has 0 saturated heterocycles. The summed E-state index contributed by atoms with van der Waals surface area (Å²) in [6.45, 7) is 0.927. The summed E-state index contributed by atoms with van der Waals surface area (Å²) in [4.78, 5) is 25.9. The molecule has 0 saturated carbocycles. The van der Waals surface area contributed by atoms with Gasteiger partial charge in [0.1, 0.15) is 5.01 Å². The van der Waals surface area contributed by atoms with Gasteiger partial charge in [-0.2, -0.15) is 0 Å². The maximum Gasteiger partial charge on any atom is 0.309 e. The number of methoxy groups -OCH3 is 1. The predicted octanol–water partition coefficient (Wildman–Crippen LogP) is 0.0753. The van der Waals surface area contributed by atoms with Crippen LogP contribution in [0.25, 0.3) is 0 Å². The van der Waals surface area contributed by atoms with E-state index in [4.69, 9.17) is 9.84 Å². The molecule has 0 aliphatic carbocycles. The normalized spacial score (nSPS) is 10.2. The summed E-state index contributed by atoms with van der Waals surface area (Å²) in [5.74, 6) is -1.07. The van der Waals surface area contributed by atoms with Gasteiger partial charge in [0.25, 0.3) is 0 Å². The van der Waals surface area contributed by atoms with E-state index >= 15 is 0 Å². The van der Waals surface area contributed by atoms with E-state index in [-0.39, 0.29) is 18.7 Å². The van der Waals surface area contributed by atoms with Crippen LogP contribution in [0.2, 0.25) is 0 Å². The van der Waals surface area contributed by atoms with Crippen LogP contribution in [-0.2, 0) is 27.2 Å². The Kier molecular flexibility index (Phi) is 5.58. The second kappa shape index (κ2) is 6.97. The van der Waals surface area contributed by atoms with E-state index in [0.29, 0.717) is 23.9 Å². The minimum Gasteiger partial charge on any atom is -0.481 e. The zero-order valence-electron chi connectivity index (χ0n) is 9.43. The second-order valence-electron chi connectivity index (χ2n) is 3.32. The number of amides is 1. The van der Waals surface area contributed by atoms with E-state index in [1.165, 1.54) is 11.3 Å². The quantitative estimate of drug-likeness (QED) is 0.676. The van der Waals surface area contributed by atoms with Gasteiger partial charge in [-0.3, -0.25) is 9.59 Å². The van der Waals surface area contributed by atoms with Crippen LogP contribution in [0.4, 0.5) is 0 Å². The number of nitrogens with zero attached hydrogens (tertiary/aromatic N) is 1. The van der Waals surface area contributed by atoms with Gasteiger partial charge in [-0.25, -0.2) is 4.98 Å². The monoisotopic (exact) mass is 258 g/mol. The summed E-state index contributed by atoms with van der Waals surface area (Å²) in [6, 6.07) is 0. The second-order valence-corrected chi connectivity index (χ2v) is 4.27. The number of carbonyl (C=O) groups excluding carboxylic acids is 1. The topological polar surface area (TPSA) is 88.5 Å². The summed E-state index contributed by atoms with van der Waals surface area (Å²) in [6.07, 6.45) is 0.0653. The molecular formula is C10H14N2O4S. The highest BCUT2D eigenvalue weighted by Crippen LogP contribution is 2.10. The van der Waals surface area contributed by atoms with Crippen molar-refractivity contribution in [1.82, 2.24) is 10.3 Å². The zero-order chi connectivity index (χ0) is 12.7. The molecule has 0 bridgehead atoms. The molecule has 0 radical (unpaired) electrons. The van der Waals surface area contributed by atoms with Gasteiger partial charge in [0, 0.05) is 19.0 Å². The fourth-order valence-electron chi connectivity index (χ4n) is 1.16. The van der Waals surface area contributed by atoms with E-state index in [9.17, 15) is 9.59 Å². The van der Waals surface area contributed by atoms with Crippen molar-refractivity contribution in [2.24, 2.45) is 0 Å². The fraction of sp³-hybridized carbons (Fsp3) is 0.500. The Morgan fingerprint density at radius 2 is 2.29 bits per heavy atom. The van der Waals surface area contributed by atoms with Crippen molar-refractivity contribution < 1.29 is 19.4 Å². The van der Waals surface area contributed by atoms with Crippen molar-refractivity contribution >= 4 is 23.2 Å². The largest absolute Gasteiger partial charge is 0.481 e. The average Bonchev–Trinajstić information content (AvgIpc) is 2.64. The first-order chi connectivity index (χ1) is 8.11. The van der Waals surface area contributed by atoms with E-state index in [0.717, 1.165) is 0 Å². The van der Waals surface area contributed by atoms with Gasteiger partial charge in [-0.1, -0.05) is 0 Å². The van der Waals surface area contributed by atoms with Crippen molar-refractivity contribution in [3.8, 4) is 0 Å². The van der Waals surface area contributed by atoms with E-state index < -0.39 is 5.97 Å². The summed E-state index contributed by atoms with van der Waals surface area (Å²) in [5, 5.41) is 13.5. The summed E-state index contributed by atoms with van der Waals surface area (Å²) in [7, 11) is 1.56. The minimum atomic E-state index is -0.925. The van der Waals surface area contributed by atoms with E-state index in [1.807, 2.05) is 0 Å². The third-order valence-corrected chi connectivity index (χ3v) is 2.77. The van der Waals surface area contributed by atoms with Crippen molar-refractivity contribution in [1.29, 1.82) is 0 Å². The molecular weight excluding hydrogens is 244 g/mol. The van der Waals surface area contributed by atoms with Crippen LogP contribution in [0, 0.1) is 0 Å². The first kappa shape index (κ1) is 13.6. The van der Waals surface area contributed by atoms with Crippen LogP contribution in [0.1, 0.15) is 10.7 Å². The first-order valence-corrected chi connectivity index (χ1v) is 5.90. The predicted molar refractivity (Wildman–Crippen MR) is 62.0 cm³/mol. The smallest absolute Gasteiger partial charge is 0.309 e. The van der Waals surface area contributed by atoms with Gasteiger partial charge >= 0.3 is 5.97 Å². The Morgan fingerprint density at radius 1 is 1.53 bits per heavy atom. The van der Waals surface area contributed by atoms with Crippen LogP contribution in [0.5, 0.6) is 0 Å². The molecule has 0 spiro atoms. The molecule has 0 aliphatic heterocycles. The maximum atomic E-state index is 11.4. The number of aromatic nitrogens is 1. The molecule has 0 unspecified atom stereocenters. The Morgan fingerprint density at radius 3 is 2.94 bits per heavy atom. The summed E-state index contributed by atoms with van der Waals surface area (Å²) in [5.41, 5.74) is 0.488. The van der Waals surface area contributed by atoms with E-state index in [1.54, 1.807) is 12.5 Å². The van der Waals surface area contributed by atoms with Crippen molar-refractivity contribution in [3.05, 3.63) is 16.1 Å². The fourth-order valence-corrected chi connectivity index (χ4v) is 1.95. The molecule has 7 heteroatoms. The van der Waals surface area contributed by atoms with Crippen LogP contribution < -0.4 is 5.32 Å². The lowest BCUT2D eigenvalue weighted by molar-refractivity contribution is -0.136. The Bertz CT molecular complexity index is 391. The summed E-state index contributed by atoms with van der Waals surface area (Å²) < 4.78 is 4.80. The van der Waals surface area contributed by atoms with Crippen molar-refractivity contribution in [2.45, 2.75) is 12.8 Å². The molecule has 0 aliphatic rings. The highest BCUT2D eigenvalue weighted by molar-refractivity contribution is 7.09. The molecule has 17 heavy (non-hydrogen) atoms. The number of rotatable bonds is 7. The van der Waals surface area contributed by atoms with Crippen molar-refractivity contribution in [3.63, 3.8) is 0 Å². The lowest BCUT2D eigenvalue weighted by Crippen LogP contribution is -2.28. The third kappa shape index (κ3) is 5.41. The SMILES string of the molecule is COCCNC(=O)Cc1nc(CC(=O)O)cs1. The number of nitrogens with one attached hydrogen (secondary N) is 1. The average molecular weight is 258 g/mol. The maximum absolute atomic E-state index is 11.4. The van der Waals surface area contributed by atoms with Gasteiger partial charge in [-0.15, -0.1) is 11.3 Å². The number of carbonyl (C=O) groups is 2. The first-order valence-electron chi connectivity index (χ1n) is 5.02. The highest BCUT2D eigenvalue weighted by Gasteiger charge is 2.09. The molecule has 0 fully saturated rings. The number of ether oxygens (including phenoxy) is 1. The van der Waals surface area contributed by atoms with Crippen molar-refractivity contribution in [2.75, 3.05) is 20.3 Å². The van der Waals surface area contributed by atoms with Crippen LogP contribution >= 0.6 is 11.3 Å². The highest BCUT2D eigenvalue weighted by atomic mass is 32.1. The summed E-state index contributed by atoms with van der Waals surface area (Å²) >= 11 is 1.29. The van der Waals surface area contributed by atoms with Crippen LogP contribution in [-0.4, -0.2) is 42.2 Å². The molecule has 1 rings (SSSR count).